The number of carbonyl (C=O) groups excluding carboxylic acids is 1. The van der Waals surface area contributed by atoms with E-state index in [1.54, 1.807) is 12.2 Å². The Labute approximate surface area is 83.8 Å². The topological polar surface area (TPSA) is 17.1 Å². The molecule has 1 heteroatoms. The third-order valence-electron chi connectivity index (χ3n) is 2.47. The molecule has 0 aliphatic heterocycles. The van der Waals surface area contributed by atoms with Gasteiger partial charge in [-0.3, -0.25) is 4.79 Å². The fraction of sp³-hybridized carbons (Fsp3) is 0.154. The minimum Gasteiger partial charge on any atom is -0.290 e. The second kappa shape index (κ2) is 3.62. The maximum absolute atomic E-state index is 11.1. The van der Waals surface area contributed by atoms with Gasteiger partial charge < -0.3 is 0 Å². The first kappa shape index (κ1) is 8.95. The fourth-order valence-electron chi connectivity index (χ4n) is 1.74. The molecule has 0 N–H and O–H groups in total. The van der Waals surface area contributed by atoms with Crippen LogP contribution in [0.5, 0.6) is 0 Å². The average molecular weight is 184 g/mol. The van der Waals surface area contributed by atoms with Crippen molar-refractivity contribution in [3.63, 3.8) is 0 Å². The molecule has 14 heavy (non-hydrogen) atoms. The Morgan fingerprint density at radius 1 is 1.14 bits per heavy atom. The van der Waals surface area contributed by atoms with E-state index >= 15 is 0 Å². The summed E-state index contributed by atoms with van der Waals surface area (Å²) in [7, 11) is 0. The molecule has 1 aromatic rings. The van der Waals surface area contributed by atoms with Crippen molar-refractivity contribution in [2.24, 2.45) is 0 Å². The van der Waals surface area contributed by atoms with Gasteiger partial charge in [0.2, 0.25) is 0 Å². The van der Waals surface area contributed by atoms with Crippen LogP contribution in [0.15, 0.2) is 54.1 Å². The maximum atomic E-state index is 11.1. The van der Waals surface area contributed by atoms with Crippen LogP contribution in [0.3, 0.4) is 0 Å². The highest BCUT2D eigenvalue weighted by Gasteiger charge is 2.14. The van der Waals surface area contributed by atoms with E-state index in [1.807, 2.05) is 31.2 Å². The first-order chi connectivity index (χ1) is 6.77. The third-order valence-corrected chi connectivity index (χ3v) is 2.47. The van der Waals surface area contributed by atoms with E-state index in [9.17, 15) is 4.79 Å². The normalized spacial score (nSPS) is 20.8. The molecule has 0 saturated carbocycles. The predicted octanol–water partition coefficient (Wildman–Crippen LogP) is 2.86. The molecule has 70 valence electrons. The zero-order chi connectivity index (χ0) is 9.97. The summed E-state index contributed by atoms with van der Waals surface area (Å²) in [5, 5.41) is 0. The first-order valence-corrected chi connectivity index (χ1v) is 4.72. The molecule has 1 unspecified atom stereocenters. The summed E-state index contributed by atoms with van der Waals surface area (Å²) in [5.74, 6) is 0.364. The number of benzene rings is 1. The highest BCUT2D eigenvalue weighted by Crippen LogP contribution is 2.27. The summed E-state index contributed by atoms with van der Waals surface area (Å²) in [5.41, 5.74) is 2.36. The van der Waals surface area contributed by atoms with Crippen molar-refractivity contribution >= 4 is 5.78 Å². The molecule has 1 atom stereocenters. The van der Waals surface area contributed by atoms with Gasteiger partial charge in [-0.15, -0.1) is 0 Å². The Hall–Kier alpha value is -1.63. The van der Waals surface area contributed by atoms with Gasteiger partial charge >= 0.3 is 0 Å². The van der Waals surface area contributed by atoms with Gasteiger partial charge in [0.25, 0.3) is 0 Å². The van der Waals surface area contributed by atoms with Crippen LogP contribution in [0, 0.1) is 0 Å². The largest absolute Gasteiger partial charge is 0.290 e. The van der Waals surface area contributed by atoms with Gasteiger partial charge in [0.1, 0.15) is 0 Å². The van der Waals surface area contributed by atoms with Crippen molar-refractivity contribution in [1.29, 1.82) is 0 Å². The molecule has 0 aromatic heterocycles. The number of allylic oxidation sites excluding steroid dienone is 4. The molecule has 0 spiro atoms. The number of hydrogen-bond donors (Lipinski definition) is 0. The van der Waals surface area contributed by atoms with Crippen LogP contribution >= 0.6 is 0 Å². The molecule has 0 fully saturated rings. The molecule has 0 saturated heterocycles. The molecule has 0 amide bonds. The van der Waals surface area contributed by atoms with Gasteiger partial charge in [0.15, 0.2) is 5.78 Å². The lowest BCUT2D eigenvalue weighted by Gasteiger charge is -2.16. The molecule has 0 heterocycles. The van der Waals surface area contributed by atoms with Crippen molar-refractivity contribution in [2.45, 2.75) is 12.8 Å². The molecule has 2 rings (SSSR count). The molecule has 0 radical (unpaired) electrons. The molecule has 1 aliphatic carbocycles. The van der Waals surface area contributed by atoms with Crippen LogP contribution in [0.1, 0.15) is 18.4 Å². The van der Waals surface area contributed by atoms with Crippen LogP contribution in [-0.2, 0) is 4.79 Å². The highest BCUT2D eigenvalue weighted by molar-refractivity contribution is 6.01. The summed E-state index contributed by atoms with van der Waals surface area (Å²) in [6.45, 7) is 2.00. The molecule has 1 aromatic carbocycles. The lowest BCUT2D eigenvalue weighted by molar-refractivity contribution is -0.110. The smallest absolute Gasteiger partial charge is 0.178 e. The predicted molar refractivity (Wildman–Crippen MR) is 57.1 cm³/mol. The van der Waals surface area contributed by atoms with Gasteiger partial charge in [0.05, 0.1) is 0 Å². The number of carbonyl (C=O) groups is 1. The van der Waals surface area contributed by atoms with Crippen LogP contribution in [0.4, 0.5) is 0 Å². The Morgan fingerprint density at radius 2 is 1.86 bits per heavy atom. The van der Waals surface area contributed by atoms with Crippen molar-refractivity contribution in [3.8, 4) is 0 Å². The quantitative estimate of drug-likeness (QED) is 0.656. The second-order valence-electron chi connectivity index (χ2n) is 3.54. The third kappa shape index (κ3) is 1.67. The lowest BCUT2D eigenvalue weighted by Crippen LogP contribution is -2.04. The van der Waals surface area contributed by atoms with E-state index in [0.29, 0.717) is 0 Å². The van der Waals surface area contributed by atoms with Gasteiger partial charge in [0, 0.05) is 5.92 Å². The number of hydrogen-bond acceptors (Lipinski definition) is 1. The Kier molecular flexibility index (Phi) is 2.32. The Bertz CT molecular complexity index is 399. The van der Waals surface area contributed by atoms with Gasteiger partial charge in [-0.1, -0.05) is 42.0 Å². The molecule has 1 nitrogen and oxygen atoms in total. The van der Waals surface area contributed by atoms with E-state index in [4.69, 9.17) is 0 Å². The van der Waals surface area contributed by atoms with Gasteiger partial charge in [-0.2, -0.15) is 0 Å². The first-order valence-electron chi connectivity index (χ1n) is 4.72. The zero-order valence-electron chi connectivity index (χ0n) is 8.10. The van der Waals surface area contributed by atoms with E-state index < -0.39 is 0 Å². The van der Waals surface area contributed by atoms with Crippen molar-refractivity contribution in [2.75, 3.05) is 0 Å². The standard InChI is InChI=1S/C13H12O/c1-10-9-12(14)7-8-13(10)11-5-3-2-4-6-11/h2-9,13H,1H3. The maximum Gasteiger partial charge on any atom is 0.178 e. The summed E-state index contributed by atoms with van der Waals surface area (Å²) in [6.07, 6.45) is 5.31. The van der Waals surface area contributed by atoms with Crippen molar-refractivity contribution in [3.05, 3.63) is 59.7 Å². The second-order valence-corrected chi connectivity index (χ2v) is 3.54. The summed E-state index contributed by atoms with van der Waals surface area (Å²) in [6, 6.07) is 10.2. The van der Waals surface area contributed by atoms with Crippen molar-refractivity contribution in [1.82, 2.24) is 0 Å². The highest BCUT2D eigenvalue weighted by atomic mass is 16.1. The van der Waals surface area contributed by atoms with Crippen molar-refractivity contribution < 1.29 is 4.79 Å². The van der Waals surface area contributed by atoms with Crippen LogP contribution in [-0.4, -0.2) is 5.78 Å². The lowest BCUT2D eigenvalue weighted by atomic mass is 9.88. The average Bonchev–Trinajstić information content (AvgIpc) is 2.19. The van der Waals surface area contributed by atoms with E-state index in [0.717, 1.165) is 5.57 Å². The molecule has 0 bridgehead atoms. The van der Waals surface area contributed by atoms with Gasteiger partial charge in [-0.05, 0) is 24.6 Å². The minimum atomic E-state index is 0.0923. The number of ketones is 1. The SMILES string of the molecule is CC1=CC(=O)C=CC1c1ccccc1. The molecular weight excluding hydrogens is 172 g/mol. The zero-order valence-corrected chi connectivity index (χ0v) is 8.10. The van der Waals surface area contributed by atoms with E-state index in [1.165, 1.54) is 5.56 Å². The van der Waals surface area contributed by atoms with Crippen LogP contribution in [0.25, 0.3) is 0 Å². The Morgan fingerprint density at radius 3 is 2.50 bits per heavy atom. The van der Waals surface area contributed by atoms with Crippen LogP contribution < -0.4 is 0 Å². The van der Waals surface area contributed by atoms with Gasteiger partial charge in [-0.25, -0.2) is 0 Å². The summed E-state index contributed by atoms with van der Waals surface area (Å²) in [4.78, 5) is 11.1. The molecule has 1 aliphatic rings. The Balaban J connectivity index is 2.34. The molecular formula is C13H12O. The van der Waals surface area contributed by atoms with Crippen LogP contribution in [0.2, 0.25) is 0 Å². The number of rotatable bonds is 1. The summed E-state index contributed by atoms with van der Waals surface area (Å²) < 4.78 is 0. The van der Waals surface area contributed by atoms with E-state index in [2.05, 4.69) is 12.1 Å². The summed E-state index contributed by atoms with van der Waals surface area (Å²) >= 11 is 0. The monoisotopic (exact) mass is 184 g/mol. The fourth-order valence-corrected chi connectivity index (χ4v) is 1.74. The minimum absolute atomic E-state index is 0.0923. The van der Waals surface area contributed by atoms with E-state index in [-0.39, 0.29) is 11.7 Å².